The van der Waals surface area contributed by atoms with Gasteiger partial charge >= 0.3 is 0 Å². The largest absolute Gasteiger partial charge is 0.368 e. The number of hydrogen-bond donors (Lipinski definition) is 2. The van der Waals surface area contributed by atoms with Crippen LogP contribution in [-0.2, 0) is 13.5 Å². The summed E-state index contributed by atoms with van der Waals surface area (Å²) in [5.74, 6) is 1.18. The van der Waals surface area contributed by atoms with Crippen LogP contribution in [-0.4, -0.2) is 14.8 Å². The van der Waals surface area contributed by atoms with E-state index in [-0.39, 0.29) is 6.04 Å². The lowest BCUT2D eigenvalue weighted by Gasteiger charge is -2.10. The maximum atomic E-state index is 6.09. The second kappa shape index (κ2) is 4.97. The average molecular weight is 231 g/mol. The molecule has 1 atom stereocenters. The fourth-order valence-electron chi connectivity index (χ4n) is 1.71. The Morgan fingerprint density at radius 3 is 2.59 bits per heavy atom. The van der Waals surface area contributed by atoms with Crippen molar-refractivity contribution >= 4 is 5.95 Å². The fraction of sp³-hybridized carbons (Fsp3) is 0.333. The van der Waals surface area contributed by atoms with Crippen LogP contribution in [0.15, 0.2) is 30.3 Å². The number of anilines is 1. The summed E-state index contributed by atoms with van der Waals surface area (Å²) in [7, 11) is 1.78. The highest BCUT2D eigenvalue weighted by Crippen LogP contribution is 2.15. The number of aryl methyl sites for hydroxylation is 2. The molecular formula is C12H17N5. The van der Waals surface area contributed by atoms with E-state index < -0.39 is 0 Å². The van der Waals surface area contributed by atoms with E-state index in [1.807, 2.05) is 30.3 Å². The zero-order valence-corrected chi connectivity index (χ0v) is 9.87. The molecule has 17 heavy (non-hydrogen) atoms. The predicted molar refractivity (Wildman–Crippen MR) is 67.1 cm³/mol. The molecule has 5 heteroatoms. The lowest BCUT2D eigenvalue weighted by Crippen LogP contribution is -2.11. The quantitative estimate of drug-likeness (QED) is 0.823. The monoisotopic (exact) mass is 231 g/mol. The molecule has 0 aliphatic rings. The molecule has 1 aromatic carbocycles. The van der Waals surface area contributed by atoms with Crippen LogP contribution in [0.1, 0.15) is 23.9 Å². The summed E-state index contributed by atoms with van der Waals surface area (Å²) in [5, 5.41) is 4.20. The summed E-state index contributed by atoms with van der Waals surface area (Å²) in [6, 6.07) is 10.0. The van der Waals surface area contributed by atoms with Gasteiger partial charge in [-0.1, -0.05) is 30.3 Å². The molecule has 0 spiro atoms. The molecule has 4 N–H and O–H groups in total. The van der Waals surface area contributed by atoms with Crippen molar-refractivity contribution in [2.24, 2.45) is 12.8 Å². The Morgan fingerprint density at radius 1 is 1.29 bits per heavy atom. The van der Waals surface area contributed by atoms with E-state index in [0.717, 1.165) is 24.2 Å². The van der Waals surface area contributed by atoms with Crippen LogP contribution in [0.5, 0.6) is 0 Å². The number of aromatic nitrogens is 3. The highest BCUT2D eigenvalue weighted by Gasteiger charge is 2.09. The Labute approximate surface area is 100 Å². The first-order valence-electron chi connectivity index (χ1n) is 5.62. The SMILES string of the molecule is Cn1nc(CCC(N)c2ccccc2)nc1N. The summed E-state index contributed by atoms with van der Waals surface area (Å²) in [6.45, 7) is 0. The number of benzene rings is 1. The van der Waals surface area contributed by atoms with Gasteiger partial charge in [0.05, 0.1) is 0 Å². The second-order valence-electron chi connectivity index (χ2n) is 4.07. The normalized spacial score (nSPS) is 12.6. The number of hydrogen-bond acceptors (Lipinski definition) is 4. The third-order valence-corrected chi connectivity index (χ3v) is 2.75. The number of nitrogen functional groups attached to an aromatic ring is 1. The molecule has 2 rings (SSSR count). The van der Waals surface area contributed by atoms with Crippen LogP contribution < -0.4 is 11.5 Å². The summed E-state index contributed by atoms with van der Waals surface area (Å²) in [5.41, 5.74) is 12.8. The van der Waals surface area contributed by atoms with Gasteiger partial charge < -0.3 is 11.5 Å². The first-order valence-corrected chi connectivity index (χ1v) is 5.62. The Morgan fingerprint density at radius 2 is 2.00 bits per heavy atom. The third kappa shape index (κ3) is 2.82. The van der Waals surface area contributed by atoms with Crippen molar-refractivity contribution < 1.29 is 0 Å². The lowest BCUT2D eigenvalue weighted by atomic mass is 10.0. The van der Waals surface area contributed by atoms with Gasteiger partial charge in [-0.15, -0.1) is 0 Å². The predicted octanol–water partition coefficient (Wildman–Crippen LogP) is 1.03. The third-order valence-electron chi connectivity index (χ3n) is 2.75. The molecule has 0 saturated carbocycles. The topological polar surface area (TPSA) is 82.8 Å². The van der Waals surface area contributed by atoms with Crippen molar-refractivity contribution in [1.29, 1.82) is 0 Å². The minimum absolute atomic E-state index is 0.0150. The van der Waals surface area contributed by atoms with E-state index in [1.165, 1.54) is 0 Å². The Hall–Kier alpha value is -1.88. The highest BCUT2D eigenvalue weighted by molar-refractivity contribution is 5.19. The van der Waals surface area contributed by atoms with Crippen molar-refractivity contribution in [3.63, 3.8) is 0 Å². The number of nitrogens with two attached hydrogens (primary N) is 2. The minimum atomic E-state index is 0.0150. The lowest BCUT2D eigenvalue weighted by molar-refractivity contribution is 0.628. The Balaban J connectivity index is 1.94. The van der Waals surface area contributed by atoms with E-state index in [4.69, 9.17) is 11.5 Å². The van der Waals surface area contributed by atoms with Gasteiger partial charge in [0.2, 0.25) is 5.95 Å². The second-order valence-corrected chi connectivity index (χ2v) is 4.07. The highest BCUT2D eigenvalue weighted by atomic mass is 15.4. The Bertz CT molecular complexity index is 457. The molecule has 0 radical (unpaired) electrons. The molecular weight excluding hydrogens is 214 g/mol. The smallest absolute Gasteiger partial charge is 0.218 e. The molecule has 5 nitrogen and oxygen atoms in total. The summed E-state index contributed by atoms with van der Waals surface area (Å²) in [4.78, 5) is 4.15. The number of rotatable bonds is 4. The van der Waals surface area contributed by atoms with Gasteiger partial charge in [0, 0.05) is 19.5 Å². The van der Waals surface area contributed by atoms with Gasteiger partial charge in [-0.3, -0.25) is 0 Å². The number of nitrogens with zero attached hydrogens (tertiary/aromatic N) is 3. The van der Waals surface area contributed by atoms with Gasteiger partial charge in [-0.2, -0.15) is 10.1 Å². The van der Waals surface area contributed by atoms with E-state index in [9.17, 15) is 0 Å². The zero-order chi connectivity index (χ0) is 12.3. The van der Waals surface area contributed by atoms with E-state index in [0.29, 0.717) is 5.95 Å². The van der Waals surface area contributed by atoms with Crippen LogP contribution in [0, 0.1) is 0 Å². The van der Waals surface area contributed by atoms with Crippen molar-refractivity contribution in [3.8, 4) is 0 Å². The molecule has 0 aliphatic heterocycles. The van der Waals surface area contributed by atoms with E-state index in [2.05, 4.69) is 10.1 Å². The van der Waals surface area contributed by atoms with Crippen molar-refractivity contribution in [3.05, 3.63) is 41.7 Å². The molecule has 0 amide bonds. The van der Waals surface area contributed by atoms with Crippen molar-refractivity contribution in [2.45, 2.75) is 18.9 Å². The minimum Gasteiger partial charge on any atom is -0.368 e. The van der Waals surface area contributed by atoms with Gasteiger partial charge in [-0.25, -0.2) is 4.68 Å². The zero-order valence-electron chi connectivity index (χ0n) is 9.87. The standard InChI is InChI=1S/C12H17N5/c1-17-12(14)15-11(16-17)8-7-10(13)9-5-3-2-4-6-9/h2-6,10H,7-8,13H2,1H3,(H2,14,15,16). The molecule has 90 valence electrons. The van der Waals surface area contributed by atoms with Crippen LogP contribution in [0.25, 0.3) is 0 Å². The maximum Gasteiger partial charge on any atom is 0.218 e. The summed E-state index contributed by atoms with van der Waals surface area (Å²) < 4.78 is 1.57. The van der Waals surface area contributed by atoms with Crippen LogP contribution in [0.3, 0.4) is 0 Å². The molecule has 0 fully saturated rings. The molecule has 2 aromatic rings. The van der Waals surface area contributed by atoms with Crippen LogP contribution in [0.4, 0.5) is 5.95 Å². The molecule has 1 aromatic heterocycles. The van der Waals surface area contributed by atoms with E-state index in [1.54, 1.807) is 11.7 Å². The molecule has 0 bridgehead atoms. The first kappa shape index (κ1) is 11.6. The Kier molecular flexibility index (Phi) is 3.39. The van der Waals surface area contributed by atoms with Crippen LogP contribution >= 0.6 is 0 Å². The van der Waals surface area contributed by atoms with Crippen LogP contribution in [0.2, 0.25) is 0 Å². The maximum absolute atomic E-state index is 6.09. The molecule has 1 heterocycles. The van der Waals surface area contributed by atoms with Gasteiger partial charge in [0.25, 0.3) is 0 Å². The first-order chi connectivity index (χ1) is 8.16. The molecule has 0 saturated heterocycles. The van der Waals surface area contributed by atoms with Gasteiger partial charge in [0.15, 0.2) is 5.82 Å². The van der Waals surface area contributed by atoms with Crippen molar-refractivity contribution in [2.75, 3.05) is 5.73 Å². The average Bonchev–Trinajstić information content (AvgIpc) is 2.67. The van der Waals surface area contributed by atoms with Gasteiger partial charge in [0.1, 0.15) is 0 Å². The molecule has 1 unspecified atom stereocenters. The summed E-state index contributed by atoms with van der Waals surface area (Å²) >= 11 is 0. The molecule has 0 aliphatic carbocycles. The van der Waals surface area contributed by atoms with Crippen molar-refractivity contribution in [1.82, 2.24) is 14.8 Å². The fourth-order valence-corrected chi connectivity index (χ4v) is 1.71. The summed E-state index contributed by atoms with van der Waals surface area (Å²) in [6.07, 6.45) is 1.55. The van der Waals surface area contributed by atoms with Gasteiger partial charge in [-0.05, 0) is 12.0 Å². The van der Waals surface area contributed by atoms with E-state index >= 15 is 0 Å².